The lowest BCUT2D eigenvalue weighted by atomic mass is 9.98. The molecule has 0 fully saturated rings. The van der Waals surface area contributed by atoms with Crippen LogP contribution in [0.1, 0.15) is 56.8 Å². The third-order valence-electron chi connectivity index (χ3n) is 3.26. The molecule has 0 aliphatic rings. The monoisotopic (exact) mass is 242 g/mol. The summed E-state index contributed by atoms with van der Waals surface area (Å²) in [6, 6.07) is 0.0493. The summed E-state index contributed by atoms with van der Waals surface area (Å²) in [4.78, 5) is 4.63. The van der Waals surface area contributed by atoms with Gasteiger partial charge in [-0.05, 0) is 19.3 Å². The first kappa shape index (κ1) is 13.6. The molecule has 16 heavy (non-hydrogen) atoms. The van der Waals surface area contributed by atoms with Crippen LogP contribution in [0.2, 0.25) is 0 Å². The molecule has 0 aliphatic heterocycles. The minimum atomic E-state index is -0.226. The highest BCUT2D eigenvalue weighted by Crippen LogP contribution is 2.35. The zero-order valence-electron chi connectivity index (χ0n) is 10.6. The first-order valence-electron chi connectivity index (χ1n) is 5.90. The van der Waals surface area contributed by atoms with Crippen molar-refractivity contribution in [1.29, 1.82) is 0 Å². The summed E-state index contributed by atoms with van der Waals surface area (Å²) >= 11 is 1.66. The molecule has 1 unspecified atom stereocenters. The molecule has 0 saturated carbocycles. The number of hydrogen-bond donors (Lipinski definition) is 1. The van der Waals surface area contributed by atoms with E-state index in [1.807, 2.05) is 0 Å². The average molecular weight is 242 g/mol. The van der Waals surface area contributed by atoms with Crippen molar-refractivity contribution in [3.63, 3.8) is 0 Å². The first-order chi connectivity index (χ1) is 7.63. The Kier molecular flexibility index (Phi) is 4.89. The van der Waals surface area contributed by atoms with E-state index in [0.29, 0.717) is 0 Å². The van der Waals surface area contributed by atoms with Gasteiger partial charge in [0.15, 0.2) is 0 Å². The molecule has 1 rings (SSSR count). The highest BCUT2D eigenvalue weighted by atomic mass is 32.1. The maximum absolute atomic E-state index is 5.98. The van der Waals surface area contributed by atoms with Crippen LogP contribution in [-0.2, 0) is 10.3 Å². The van der Waals surface area contributed by atoms with E-state index in [1.54, 1.807) is 18.4 Å². The van der Waals surface area contributed by atoms with Gasteiger partial charge in [-0.25, -0.2) is 4.98 Å². The Balaban J connectivity index is 2.99. The highest BCUT2D eigenvalue weighted by Gasteiger charge is 2.31. The molecular formula is C12H22N2OS. The number of hydrogen-bond acceptors (Lipinski definition) is 4. The van der Waals surface area contributed by atoms with Crippen molar-refractivity contribution in [2.45, 2.75) is 51.7 Å². The Morgan fingerprint density at radius 1 is 1.44 bits per heavy atom. The highest BCUT2D eigenvalue weighted by molar-refractivity contribution is 7.09. The van der Waals surface area contributed by atoms with Crippen molar-refractivity contribution in [2.75, 3.05) is 7.11 Å². The molecule has 0 aliphatic carbocycles. The molecule has 2 N–H and O–H groups in total. The molecule has 0 bridgehead atoms. The number of aromatic nitrogens is 1. The normalized spacial score (nSPS) is 14.1. The van der Waals surface area contributed by atoms with Crippen molar-refractivity contribution < 1.29 is 4.74 Å². The molecule has 3 nitrogen and oxygen atoms in total. The quantitative estimate of drug-likeness (QED) is 0.833. The van der Waals surface area contributed by atoms with Crippen LogP contribution in [0, 0.1) is 0 Å². The molecule has 1 heterocycles. The molecule has 0 spiro atoms. The van der Waals surface area contributed by atoms with Gasteiger partial charge in [-0.1, -0.05) is 20.8 Å². The van der Waals surface area contributed by atoms with Gasteiger partial charge in [-0.15, -0.1) is 11.3 Å². The SMILES string of the molecule is CCC(N)c1csc(C(CC)(CC)OC)n1. The molecular weight excluding hydrogens is 220 g/mol. The van der Waals surface area contributed by atoms with E-state index in [1.165, 1.54) is 0 Å². The smallest absolute Gasteiger partial charge is 0.125 e. The van der Waals surface area contributed by atoms with E-state index >= 15 is 0 Å². The van der Waals surface area contributed by atoms with E-state index in [0.717, 1.165) is 30.0 Å². The summed E-state index contributed by atoms with van der Waals surface area (Å²) < 4.78 is 5.66. The second-order valence-electron chi connectivity index (χ2n) is 4.00. The van der Waals surface area contributed by atoms with E-state index < -0.39 is 0 Å². The van der Waals surface area contributed by atoms with Crippen molar-refractivity contribution in [3.8, 4) is 0 Å². The molecule has 0 saturated heterocycles. The van der Waals surface area contributed by atoms with Gasteiger partial charge in [0, 0.05) is 18.5 Å². The van der Waals surface area contributed by atoms with E-state index in [-0.39, 0.29) is 11.6 Å². The first-order valence-corrected chi connectivity index (χ1v) is 6.78. The van der Waals surface area contributed by atoms with Gasteiger partial charge in [-0.2, -0.15) is 0 Å². The number of ether oxygens (including phenoxy) is 1. The Morgan fingerprint density at radius 2 is 2.06 bits per heavy atom. The minimum Gasteiger partial charge on any atom is -0.371 e. The lowest BCUT2D eigenvalue weighted by Crippen LogP contribution is -2.26. The van der Waals surface area contributed by atoms with Crippen LogP contribution in [-0.4, -0.2) is 12.1 Å². The van der Waals surface area contributed by atoms with Gasteiger partial charge < -0.3 is 10.5 Å². The Bertz CT molecular complexity index is 312. The molecule has 0 radical (unpaired) electrons. The standard InChI is InChI=1S/C12H22N2OS/c1-5-9(13)10-8-16-11(14-10)12(6-2,7-3)15-4/h8-9H,5-7,13H2,1-4H3. The Hall–Kier alpha value is -0.450. The van der Waals surface area contributed by atoms with Crippen LogP contribution >= 0.6 is 11.3 Å². The Labute approximate surface area is 102 Å². The number of methoxy groups -OCH3 is 1. The predicted molar refractivity (Wildman–Crippen MR) is 68.6 cm³/mol. The Morgan fingerprint density at radius 3 is 2.50 bits per heavy atom. The molecule has 0 amide bonds. The number of nitrogens with two attached hydrogens (primary N) is 1. The number of thiazole rings is 1. The largest absolute Gasteiger partial charge is 0.371 e. The topological polar surface area (TPSA) is 48.1 Å². The van der Waals surface area contributed by atoms with Gasteiger partial charge in [0.1, 0.15) is 10.6 Å². The van der Waals surface area contributed by atoms with Crippen molar-refractivity contribution in [1.82, 2.24) is 4.98 Å². The van der Waals surface area contributed by atoms with Gasteiger partial charge in [0.2, 0.25) is 0 Å². The number of rotatable bonds is 6. The fourth-order valence-electron chi connectivity index (χ4n) is 1.80. The predicted octanol–water partition coefficient (Wildman–Crippen LogP) is 3.21. The maximum atomic E-state index is 5.98. The third kappa shape index (κ3) is 2.44. The van der Waals surface area contributed by atoms with Gasteiger partial charge in [0.25, 0.3) is 0 Å². The fraction of sp³-hybridized carbons (Fsp3) is 0.750. The molecule has 0 aromatic carbocycles. The summed E-state index contributed by atoms with van der Waals surface area (Å²) in [5.74, 6) is 0. The van der Waals surface area contributed by atoms with Gasteiger partial charge >= 0.3 is 0 Å². The van der Waals surface area contributed by atoms with E-state index in [4.69, 9.17) is 10.5 Å². The van der Waals surface area contributed by atoms with E-state index in [2.05, 4.69) is 31.1 Å². The molecule has 1 aromatic heterocycles. The van der Waals surface area contributed by atoms with Gasteiger partial charge in [-0.3, -0.25) is 0 Å². The summed E-state index contributed by atoms with van der Waals surface area (Å²) in [5, 5.41) is 3.11. The fourth-order valence-corrected chi connectivity index (χ4v) is 3.01. The van der Waals surface area contributed by atoms with Crippen LogP contribution in [0.4, 0.5) is 0 Å². The van der Waals surface area contributed by atoms with Crippen LogP contribution < -0.4 is 5.73 Å². The summed E-state index contributed by atoms with van der Waals surface area (Å²) in [5.41, 5.74) is 6.74. The van der Waals surface area contributed by atoms with Crippen LogP contribution in [0.25, 0.3) is 0 Å². The summed E-state index contributed by atoms with van der Waals surface area (Å²) in [6.07, 6.45) is 2.80. The van der Waals surface area contributed by atoms with Crippen molar-refractivity contribution in [3.05, 3.63) is 16.1 Å². The second kappa shape index (κ2) is 5.75. The molecule has 92 valence electrons. The minimum absolute atomic E-state index is 0.0493. The maximum Gasteiger partial charge on any atom is 0.125 e. The third-order valence-corrected chi connectivity index (χ3v) is 4.31. The molecule has 1 aromatic rings. The second-order valence-corrected chi connectivity index (χ2v) is 4.86. The van der Waals surface area contributed by atoms with Gasteiger partial charge in [0.05, 0.1) is 5.69 Å². The van der Waals surface area contributed by atoms with Crippen molar-refractivity contribution in [2.24, 2.45) is 5.73 Å². The van der Waals surface area contributed by atoms with Crippen LogP contribution in [0.5, 0.6) is 0 Å². The number of nitrogens with zero attached hydrogens (tertiary/aromatic N) is 1. The zero-order chi connectivity index (χ0) is 12.2. The van der Waals surface area contributed by atoms with Crippen LogP contribution in [0.3, 0.4) is 0 Å². The summed E-state index contributed by atoms with van der Waals surface area (Å²) in [6.45, 7) is 6.34. The zero-order valence-corrected chi connectivity index (χ0v) is 11.4. The van der Waals surface area contributed by atoms with Crippen LogP contribution in [0.15, 0.2) is 5.38 Å². The molecule has 1 atom stereocenters. The lowest BCUT2D eigenvalue weighted by Gasteiger charge is -2.27. The van der Waals surface area contributed by atoms with E-state index in [9.17, 15) is 0 Å². The summed E-state index contributed by atoms with van der Waals surface area (Å²) in [7, 11) is 1.76. The molecule has 4 heteroatoms. The lowest BCUT2D eigenvalue weighted by molar-refractivity contribution is -0.0220. The average Bonchev–Trinajstić information content (AvgIpc) is 2.81. The van der Waals surface area contributed by atoms with Crippen molar-refractivity contribution >= 4 is 11.3 Å².